The smallest absolute Gasteiger partial charge is 0.192 e. The molecule has 0 aromatic heterocycles. The highest BCUT2D eigenvalue weighted by molar-refractivity contribution is 6.74. The molecule has 0 aromatic carbocycles. The Bertz CT molecular complexity index is 470. The molecule has 0 unspecified atom stereocenters. The monoisotopic (exact) mass is 368 g/mol. The molecule has 1 aliphatic carbocycles. The number of hydrogen-bond acceptors (Lipinski definition) is 3. The molecule has 0 aromatic rings. The molecule has 1 saturated heterocycles. The maximum Gasteiger partial charge on any atom is 0.192 e. The van der Waals surface area contributed by atoms with Gasteiger partial charge in [0, 0.05) is 6.42 Å². The van der Waals surface area contributed by atoms with Crippen LogP contribution in [0, 0.1) is 11.8 Å². The molecule has 25 heavy (non-hydrogen) atoms. The zero-order valence-corrected chi connectivity index (χ0v) is 18.8. The Morgan fingerprint density at radius 3 is 2.28 bits per heavy atom. The zero-order chi connectivity index (χ0) is 18.8. The molecule has 3 nitrogen and oxygen atoms in total. The fraction of sp³-hybridized carbons (Fsp3) is 0.905. The van der Waals surface area contributed by atoms with E-state index in [1.165, 1.54) is 12.8 Å². The third-order valence-electron chi connectivity index (χ3n) is 6.47. The Balaban J connectivity index is 2.20. The van der Waals surface area contributed by atoms with Crippen LogP contribution in [0.3, 0.4) is 0 Å². The molecule has 0 N–H and O–H groups in total. The summed E-state index contributed by atoms with van der Waals surface area (Å²) in [5.41, 5.74) is 3.16. The minimum Gasteiger partial charge on any atom is -0.410 e. The van der Waals surface area contributed by atoms with E-state index in [4.69, 9.17) is 13.9 Å². The summed E-state index contributed by atoms with van der Waals surface area (Å²) in [6, 6.07) is 0. The predicted molar refractivity (Wildman–Crippen MR) is 107 cm³/mol. The second-order valence-corrected chi connectivity index (χ2v) is 14.5. The summed E-state index contributed by atoms with van der Waals surface area (Å²) in [5, 5.41) is 0.228. The molecule has 0 saturated carbocycles. The lowest BCUT2D eigenvalue weighted by molar-refractivity contribution is -0.0523. The average molecular weight is 369 g/mol. The van der Waals surface area contributed by atoms with Crippen LogP contribution in [0.2, 0.25) is 18.1 Å². The van der Waals surface area contributed by atoms with Crippen molar-refractivity contribution in [2.75, 3.05) is 13.2 Å². The molecule has 1 fully saturated rings. The quantitative estimate of drug-likeness (QED) is 0.413. The van der Waals surface area contributed by atoms with Gasteiger partial charge in [-0.3, -0.25) is 0 Å². The standard InChI is InChI=1S/C21H40O3Si/c1-15(2)17-10-9-16(3)20(17)18(11-12-19-22-13-14-23-19)24-25(7,8)21(4,5)6/h15,17-19H,9-14H2,1-8H3/t17-,18+/m0/s1. The molecule has 4 heteroatoms. The zero-order valence-electron chi connectivity index (χ0n) is 17.8. The van der Waals surface area contributed by atoms with E-state index in [1.54, 1.807) is 11.1 Å². The third-order valence-corrected chi connectivity index (χ3v) is 11.0. The fourth-order valence-electron chi connectivity index (χ4n) is 3.87. The van der Waals surface area contributed by atoms with E-state index in [-0.39, 0.29) is 17.4 Å². The first-order chi connectivity index (χ1) is 11.5. The van der Waals surface area contributed by atoms with Gasteiger partial charge in [-0.05, 0) is 61.7 Å². The number of rotatable bonds is 7. The van der Waals surface area contributed by atoms with Crippen LogP contribution in [0.25, 0.3) is 0 Å². The molecular formula is C21H40O3Si. The topological polar surface area (TPSA) is 27.7 Å². The van der Waals surface area contributed by atoms with Crippen molar-refractivity contribution in [3.05, 3.63) is 11.1 Å². The van der Waals surface area contributed by atoms with Gasteiger partial charge in [-0.1, -0.05) is 40.2 Å². The lowest BCUT2D eigenvalue weighted by Crippen LogP contribution is -2.45. The van der Waals surface area contributed by atoms with Crippen molar-refractivity contribution < 1.29 is 13.9 Å². The average Bonchev–Trinajstić information content (AvgIpc) is 3.11. The lowest BCUT2D eigenvalue weighted by Gasteiger charge is -2.41. The summed E-state index contributed by atoms with van der Waals surface area (Å²) < 4.78 is 18.3. The summed E-state index contributed by atoms with van der Waals surface area (Å²) in [7, 11) is -1.82. The summed E-state index contributed by atoms with van der Waals surface area (Å²) in [4.78, 5) is 0. The van der Waals surface area contributed by atoms with Crippen molar-refractivity contribution in [3.8, 4) is 0 Å². The number of ether oxygens (including phenoxy) is 2. The predicted octanol–water partition coefficient (Wildman–Crippen LogP) is 5.91. The Kier molecular flexibility index (Phi) is 6.97. The summed E-state index contributed by atoms with van der Waals surface area (Å²) in [6.45, 7) is 20.2. The molecule has 2 aliphatic rings. The number of hydrogen-bond donors (Lipinski definition) is 0. The van der Waals surface area contributed by atoms with Crippen molar-refractivity contribution >= 4 is 8.32 Å². The van der Waals surface area contributed by atoms with E-state index >= 15 is 0 Å². The van der Waals surface area contributed by atoms with Crippen LogP contribution < -0.4 is 0 Å². The van der Waals surface area contributed by atoms with Crippen molar-refractivity contribution in [2.45, 2.75) is 97.8 Å². The molecule has 1 aliphatic heterocycles. The van der Waals surface area contributed by atoms with Crippen LogP contribution in [0.1, 0.15) is 67.2 Å². The maximum atomic E-state index is 6.97. The van der Waals surface area contributed by atoms with E-state index in [0.717, 1.165) is 26.1 Å². The molecule has 146 valence electrons. The van der Waals surface area contributed by atoms with E-state index < -0.39 is 8.32 Å². The second-order valence-electron chi connectivity index (χ2n) is 9.74. The molecule has 0 spiro atoms. The van der Waals surface area contributed by atoms with Gasteiger partial charge in [0.05, 0.1) is 19.3 Å². The first-order valence-electron chi connectivity index (χ1n) is 10.1. The van der Waals surface area contributed by atoms with Gasteiger partial charge in [0.25, 0.3) is 0 Å². The minimum atomic E-state index is -1.82. The molecular weight excluding hydrogens is 328 g/mol. The lowest BCUT2D eigenvalue weighted by atomic mass is 9.85. The highest BCUT2D eigenvalue weighted by Crippen LogP contribution is 2.44. The molecule has 0 radical (unpaired) electrons. The first-order valence-corrected chi connectivity index (χ1v) is 13.0. The highest BCUT2D eigenvalue weighted by Gasteiger charge is 2.42. The van der Waals surface area contributed by atoms with Crippen molar-refractivity contribution in [1.82, 2.24) is 0 Å². The SMILES string of the molecule is CC1=C([C@@H](CCC2OCCO2)O[Si](C)(C)C(C)(C)C)[C@H](C(C)C)CC1. The summed E-state index contributed by atoms with van der Waals surface area (Å²) in [6.07, 6.45) is 4.64. The van der Waals surface area contributed by atoms with E-state index in [2.05, 4.69) is 54.6 Å². The normalized spacial score (nSPS) is 24.6. The summed E-state index contributed by atoms with van der Waals surface area (Å²) in [5.74, 6) is 1.34. The molecule has 1 heterocycles. The van der Waals surface area contributed by atoms with Crippen LogP contribution in [-0.2, 0) is 13.9 Å². The largest absolute Gasteiger partial charge is 0.410 e. The van der Waals surface area contributed by atoms with Gasteiger partial charge in [-0.25, -0.2) is 0 Å². The van der Waals surface area contributed by atoms with Gasteiger partial charge >= 0.3 is 0 Å². The van der Waals surface area contributed by atoms with Gasteiger partial charge < -0.3 is 13.9 Å². The van der Waals surface area contributed by atoms with Gasteiger partial charge in [-0.2, -0.15) is 0 Å². The van der Waals surface area contributed by atoms with E-state index in [0.29, 0.717) is 11.8 Å². The maximum absolute atomic E-state index is 6.97. The molecule has 0 amide bonds. The van der Waals surface area contributed by atoms with Gasteiger partial charge in [0.1, 0.15) is 0 Å². The van der Waals surface area contributed by atoms with E-state index in [1.807, 2.05) is 0 Å². The van der Waals surface area contributed by atoms with Gasteiger partial charge in [-0.15, -0.1) is 0 Å². The first kappa shape index (κ1) is 21.1. The Hall–Kier alpha value is -0.163. The van der Waals surface area contributed by atoms with Crippen molar-refractivity contribution in [2.24, 2.45) is 11.8 Å². The third kappa shape index (κ3) is 5.18. The van der Waals surface area contributed by atoms with Gasteiger partial charge in [0.2, 0.25) is 0 Å². The fourth-order valence-corrected chi connectivity index (χ4v) is 5.18. The van der Waals surface area contributed by atoms with Crippen LogP contribution in [0.5, 0.6) is 0 Å². The van der Waals surface area contributed by atoms with Crippen molar-refractivity contribution in [3.63, 3.8) is 0 Å². The van der Waals surface area contributed by atoms with E-state index in [9.17, 15) is 0 Å². The Morgan fingerprint density at radius 2 is 1.76 bits per heavy atom. The van der Waals surface area contributed by atoms with Gasteiger partial charge in [0.15, 0.2) is 14.6 Å². The minimum absolute atomic E-state index is 0.0367. The summed E-state index contributed by atoms with van der Waals surface area (Å²) >= 11 is 0. The highest BCUT2D eigenvalue weighted by atomic mass is 28.4. The van der Waals surface area contributed by atoms with Crippen LogP contribution >= 0.6 is 0 Å². The molecule has 2 rings (SSSR count). The van der Waals surface area contributed by atoms with Crippen molar-refractivity contribution in [1.29, 1.82) is 0 Å². The Labute approximate surface area is 156 Å². The molecule has 2 atom stereocenters. The van der Waals surface area contributed by atoms with Crippen LogP contribution in [-0.4, -0.2) is 33.9 Å². The van der Waals surface area contributed by atoms with Crippen LogP contribution in [0.15, 0.2) is 11.1 Å². The number of allylic oxidation sites excluding steroid dienone is 1. The van der Waals surface area contributed by atoms with Crippen LogP contribution in [0.4, 0.5) is 0 Å². The second kappa shape index (κ2) is 8.24. The Morgan fingerprint density at radius 1 is 1.16 bits per heavy atom. The molecule has 0 bridgehead atoms.